The molecule has 4 N–H and O–H groups in total. The molecule has 0 radical (unpaired) electrons. The smallest absolute Gasteiger partial charge is 0.103 e. The third-order valence-electron chi connectivity index (χ3n) is 4.12. The Morgan fingerprint density at radius 3 is 1.26 bits per heavy atom. The van der Waals surface area contributed by atoms with Crippen LogP contribution in [0.1, 0.15) is 66.2 Å². The number of ether oxygens (including phenoxy) is 1. The Bertz CT molecular complexity index is 244. The summed E-state index contributed by atoms with van der Waals surface area (Å²) in [5.41, 5.74) is 0. The van der Waals surface area contributed by atoms with Gasteiger partial charge < -0.3 is 25.2 Å². The zero-order chi connectivity index (χ0) is 17.8. The van der Waals surface area contributed by atoms with Gasteiger partial charge in [-0.15, -0.1) is 0 Å². The van der Waals surface area contributed by atoms with Crippen LogP contribution < -0.4 is 0 Å². The molecule has 4 unspecified atom stereocenters. The average Bonchev–Trinajstić information content (AvgIpc) is 2.50. The summed E-state index contributed by atoms with van der Waals surface area (Å²) < 4.78 is 5.90. The SMILES string of the molecule is CC(C)CCCC(OC(CCCC(C)C)C(O)CO)C(O)CO. The Morgan fingerprint density at radius 2 is 1.00 bits per heavy atom. The predicted octanol–water partition coefficient (Wildman–Crippen LogP) is 2.10. The van der Waals surface area contributed by atoms with E-state index in [1.807, 2.05) is 0 Å². The quantitative estimate of drug-likeness (QED) is 0.391. The molecule has 5 heteroatoms. The highest BCUT2D eigenvalue weighted by atomic mass is 16.5. The number of rotatable bonds is 14. The highest BCUT2D eigenvalue weighted by Crippen LogP contribution is 2.20. The Kier molecular flexibility index (Phi) is 13.0. The van der Waals surface area contributed by atoms with Crippen molar-refractivity contribution in [2.24, 2.45) is 11.8 Å². The van der Waals surface area contributed by atoms with Crippen molar-refractivity contribution in [1.82, 2.24) is 0 Å². The number of hydrogen-bond acceptors (Lipinski definition) is 5. The molecule has 0 fully saturated rings. The molecular formula is C18H38O5. The first-order chi connectivity index (χ1) is 10.8. The summed E-state index contributed by atoms with van der Waals surface area (Å²) in [4.78, 5) is 0. The van der Waals surface area contributed by atoms with Crippen molar-refractivity contribution < 1.29 is 25.2 Å². The molecule has 0 aromatic heterocycles. The lowest BCUT2D eigenvalue weighted by atomic mass is 9.99. The molecule has 0 rings (SSSR count). The Hall–Kier alpha value is -0.200. The lowest BCUT2D eigenvalue weighted by Gasteiger charge is -2.30. The molecule has 0 aromatic carbocycles. The molecule has 0 spiro atoms. The van der Waals surface area contributed by atoms with Gasteiger partial charge in [0.15, 0.2) is 0 Å². The summed E-state index contributed by atoms with van der Waals surface area (Å²) in [6.07, 6.45) is 2.18. The van der Waals surface area contributed by atoms with Gasteiger partial charge in [0, 0.05) is 0 Å². The van der Waals surface area contributed by atoms with Crippen LogP contribution >= 0.6 is 0 Å². The van der Waals surface area contributed by atoms with Crippen molar-refractivity contribution >= 4 is 0 Å². The maximum atomic E-state index is 9.98. The minimum absolute atomic E-state index is 0.361. The molecule has 140 valence electrons. The molecule has 0 amide bonds. The maximum absolute atomic E-state index is 9.98. The first-order valence-electron chi connectivity index (χ1n) is 9.05. The monoisotopic (exact) mass is 334 g/mol. The number of aliphatic hydroxyl groups excluding tert-OH is 4. The summed E-state index contributed by atoms with van der Waals surface area (Å²) in [5, 5.41) is 38.4. The maximum Gasteiger partial charge on any atom is 0.103 e. The molecule has 0 aliphatic rings. The Morgan fingerprint density at radius 1 is 0.652 bits per heavy atom. The molecule has 23 heavy (non-hydrogen) atoms. The zero-order valence-electron chi connectivity index (χ0n) is 15.3. The first kappa shape index (κ1) is 22.8. The van der Waals surface area contributed by atoms with Crippen molar-refractivity contribution in [2.75, 3.05) is 13.2 Å². The third-order valence-corrected chi connectivity index (χ3v) is 4.12. The van der Waals surface area contributed by atoms with Crippen LogP contribution in [0, 0.1) is 11.8 Å². The van der Waals surface area contributed by atoms with Crippen molar-refractivity contribution in [3.63, 3.8) is 0 Å². The second-order valence-electron chi connectivity index (χ2n) is 7.36. The summed E-state index contributed by atoms with van der Waals surface area (Å²) in [6, 6.07) is 0. The van der Waals surface area contributed by atoms with Gasteiger partial charge in [0.1, 0.15) is 12.2 Å². The van der Waals surface area contributed by atoms with Crippen molar-refractivity contribution in [2.45, 2.75) is 90.6 Å². The van der Waals surface area contributed by atoms with Crippen molar-refractivity contribution in [1.29, 1.82) is 0 Å². The van der Waals surface area contributed by atoms with E-state index < -0.39 is 24.4 Å². The molecule has 0 aliphatic heterocycles. The van der Waals surface area contributed by atoms with E-state index >= 15 is 0 Å². The van der Waals surface area contributed by atoms with E-state index in [2.05, 4.69) is 27.7 Å². The third kappa shape index (κ3) is 11.1. The van der Waals surface area contributed by atoms with Gasteiger partial charge in [0.25, 0.3) is 0 Å². The molecule has 0 saturated carbocycles. The van der Waals surface area contributed by atoms with Gasteiger partial charge in [-0.1, -0.05) is 53.4 Å². The van der Waals surface area contributed by atoms with Crippen LogP contribution in [0.4, 0.5) is 0 Å². The van der Waals surface area contributed by atoms with Gasteiger partial charge in [-0.2, -0.15) is 0 Å². The van der Waals surface area contributed by atoms with E-state index in [9.17, 15) is 20.4 Å². The predicted molar refractivity (Wildman–Crippen MR) is 92.2 cm³/mol. The standard InChI is InChI=1S/C18H38O5/c1-13(2)7-5-9-17(15(21)11-19)23-18(16(22)12-20)10-6-8-14(3)4/h13-22H,5-12H2,1-4H3. The molecule has 0 heterocycles. The van der Waals surface area contributed by atoms with Crippen LogP contribution in [0.25, 0.3) is 0 Å². The van der Waals surface area contributed by atoms with Crippen LogP contribution in [0.15, 0.2) is 0 Å². The molecular weight excluding hydrogens is 296 g/mol. The Labute approximate surface area is 141 Å². The molecule has 0 aliphatic carbocycles. The van der Waals surface area contributed by atoms with E-state index in [0.29, 0.717) is 24.7 Å². The summed E-state index contributed by atoms with van der Waals surface area (Å²) in [6.45, 7) is 7.84. The van der Waals surface area contributed by atoms with Gasteiger partial charge in [0.2, 0.25) is 0 Å². The summed E-state index contributed by atoms with van der Waals surface area (Å²) >= 11 is 0. The minimum atomic E-state index is -0.958. The van der Waals surface area contributed by atoms with Crippen LogP contribution in [-0.4, -0.2) is 58.1 Å². The van der Waals surface area contributed by atoms with E-state index in [1.54, 1.807) is 0 Å². The topological polar surface area (TPSA) is 90.2 Å². The summed E-state index contributed by atoms with van der Waals surface area (Å²) in [7, 11) is 0. The highest BCUT2D eigenvalue weighted by molar-refractivity contribution is 4.76. The van der Waals surface area contributed by atoms with E-state index in [-0.39, 0.29) is 13.2 Å². The number of hydrogen-bond donors (Lipinski definition) is 4. The van der Waals surface area contributed by atoms with E-state index in [4.69, 9.17) is 4.74 Å². The fourth-order valence-electron chi connectivity index (χ4n) is 2.62. The van der Waals surface area contributed by atoms with Gasteiger partial charge >= 0.3 is 0 Å². The zero-order valence-corrected chi connectivity index (χ0v) is 15.3. The van der Waals surface area contributed by atoms with Gasteiger partial charge in [-0.05, 0) is 24.7 Å². The Balaban J connectivity index is 4.61. The van der Waals surface area contributed by atoms with E-state index in [0.717, 1.165) is 25.7 Å². The van der Waals surface area contributed by atoms with E-state index in [1.165, 1.54) is 0 Å². The molecule has 0 aromatic rings. The van der Waals surface area contributed by atoms with Crippen LogP contribution in [0.5, 0.6) is 0 Å². The minimum Gasteiger partial charge on any atom is -0.394 e. The summed E-state index contributed by atoms with van der Waals surface area (Å²) in [5.74, 6) is 1.15. The van der Waals surface area contributed by atoms with Crippen molar-refractivity contribution in [3.8, 4) is 0 Å². The molecule has 0 bridgehead atoms. The fraction of sp³-hybridized carbons (Fsp3) is 1.00. The average molecular weight is 334 g/mol. The number of aliphatic hydroxyl groups is 4. The van der Waals surface area contributed by atoms with Gasteiger partial charge in [0.05, 0.1) is 25.4 Å². The second-order valence-corrected chi connectivity index (χ2v) is 7.36. The van der Waals surface area contributed by atoms with Gasteiger partial charge in [-0.25, -0.2) is 0 Å². The largest absolute Gasteiger partial charge is 0.394 e. The normalized spacial score (nSPS) is 17.5. The molecule has 0 saturated heterocycles. The lowest BCUT2D eigenvalue weighted by molar-refractivity contribution is -0.137. The van der Waals surface area contributed by atoms with Crippen LogP contribution in [-0.2, 0) is 4.74 Å². The first-order valence-corrected chi connectivity index (χ1v) is 9.05. The molecule has 4 atom stereocenters. The fourth-order valence-corrected chi connectivity index (χ4v) is 2.62. The second kappa shape index (κ2) is 13.1. The van der Waals surface area contributed by atoms with Crippen molar-refractivity contribution in [3.05, 3.63) is 0 Å². The highest BCUT2D eigenvalue weighted by Gasteiger charge is 2.27. The lowest BCUT2D eigenvalue weighted by Crippen LogP contribution is -2.41. The van der Waals surface area contributed by atoms with Gasteiger partial charge in [-0.3, -0.25) is 0 Å². The molecule has 5 nitrogen and oxygen atoms in total. The van der Waals surface area contributed by atoms with Crippen LogP contribution in [0.2, 0.25) is 0 Å². The van der Waals surface area contributed by atoms with Crippen LogP contribution in [0.3, 0.4) is 0 Å².